The molecule has 1 aromatic rings. The lowest BCUT2D eigenvalue weighted by atomic mass is 9.85. The lowest BCUT2D eigenvalue weighted by molar-refractivity contribution is 0.0186. The van der Waals surface area contributed by atoms with Gasteiger partial charge in [-0.1, -0.05) is 6.07 Å². The van der Waals surface area contributed by atoms with Gasteiger partial charge in [0, 0.05) is 31.1 Å². The monoisotopic (exact) mass is 336 g/mol. The van der Waals surface area contributed by atoms with Gasteiger partial charge in [-0.25, -0.2) is 4.79 Å². The second kappa shape index (κ2) is 7.30. The molecule has 134 valence electrons. The quantitative estimate of drug-likeness (QED) is 0.919. The SMILES string of the molecule is COc1ccc([C@@H]2CCN(C(=O)OC(C)(C)C)C[C@@H]2N)c(OC)c1. The molecule has 1 saturated heterocycles. The fourth-order valence-electron chi connectivity index (χ4n) is 2.99. The number of likely N-dealkylation sites (tertiary alicyclic amines) is 1. The number of benzene rings is 1. The Kier molecular flexibility index (Phi) is 5.59. The van der Waals surface area contributed by atoms with E-state index in [0.29, 0.717) is 13.1 Å². The highest BCUT2D eigenvalue weighted by molar-refractivity contribution is 5.68. The molecule has 1 fully saturated rings. The zero-order valence-electron chi connectivity index (χ0n) is 15.2. The highest BCUT2D eigenvalue weighted by Crippen LogP contribution is 2.36. The molecule has 2 atom stereocenters. The minimum absolute atomic E-state index is 0.129. The number of methoxy groups -OCH3 is 2. The maximum atomic E-state index is 12.2. The maximum absolute atomic E-state index is 12.2. The highest BCUT2D eigenvalue weighted by Gasteiger charge is 2.33. The molecule has 1 amide bonds. The third kappa shape index (κ3) is 4.32. The van der Waals surface area contributed by atoms with Crippen LogP contribution in [0.3, 0.4) is 0 Å². The van der Waals surface area contributed by atoms with Crippen molar-refractivity contribution in [2.45, 2.75) is 44.8 Å². The number of ether oxygens (including phenoxy) is 3. The van der Waals surface area contributed by atoms with Gasteiger partial charge in [0.05, 0.1) is 14.2 Å². The van der Waals surface area contributed by atoms with Crippen molar-refractivity contribution < 1.29 is 19.0 Å². The second-order valence-corrected chi connectivity index (χ2v) is 7.09. The number of rotatable bonds is 3. The minimum atomic E-state index is -0.503. The summed E-state index contributed by atoms with van der Waals surface area (Å²) in [6.07, 6.45) is 0.460. The summed E-state index contributed by atoms with van der Waals surface area (Å²) in [6, 6.07) is 5.59. The molecule has 1 heterocycles. The predicted octanol–water partition coefficient (Wildman–Crippen LogP) is 2.76. The van der Waals surface area contributed by atoms with Crippen LogP contribution in [0.1, 0.15) is 38.7 Å². The molecule has 6 nitrogen and oxygen atoms in total. The minimum Gasteiger partial charge on any atom is -0.497 e. The Balaban J connectivity index is 2.10. The van der Waals surface area contributed by atoms with Gasteiger partial charge in [-0.3, -0.25) is 0 Å². The largest absolute Gasteiger partial charge is 0.497 e. The van der Waals surface area contributed by atoms with E-state index in [4.69, 9.17) is 19.9 Å². The Labute approximate surface area is 143 Å². The highest BCUT2D eigenvalue weighted by atomic mass is 16.6. The third-order valence-electron chi connectivity index (χ3n) is 4.15. The fourth-order valence-corrected chi connectivity index (χ4v) is 2.99. The van der Waals surface area contributed by atoms with Crippen molar-refractivity contribution in [2.75, 3.05) is 27.3 Å². The van der Waals surface area contributed by atoms with E-state index in [-0.39, 0.29) is 18.1 Å². The number of nitrogens with two attached hydrogens (primary N) is 1. The summed E-state index contributed by atoms with van der Waals surface area (Å²) in [7, 11) is 3.26. The zero-order valence-corrected chi connectivity index (χ0v) is 15.2. The smallest absolute Gasteiger partial charge is 0.410 e. The topological polar surface area (TPSA) is 74.0 Å². The van der Waals surface area contributed by atoms with Crippen LogP contribution in [0.5, 0.6) is 11.5 Å². The number of nitrogens with zero attached hydrogens (tertiary/aromatic N) is 1. The van der Waals surface area contributed by atoms with E-state index in [1.54, 1.807) is 19.1 Å². The van der Waals surface area contributed by atoms with Crippen molar-refractivity contribution in [3.05, 3.63) is 23.8 Å². The summed E-state index contributed by atoms with van der Waals surface area (Å²) < 4.78 is 16.2. The van der Waals surface area contributed by atoms with Crippen LogP contribution in [-0.4, -0.2) is 49.9 Å². The van der Waals surface area contributed by atoms with Crippen LogP contribution in [-0.2, 0) is 4.74 Å². The molecular formula is C18H28N2O4. The van der Waals surface area contributed by atoms with Crippen molar-refractivity contribution >= 4 is 6.09 Å². The van der Waals surface area contributed by atoms with E-state index in [9.17, 15) is 4.79 Å². The summed E-state index contributed by atoms with van der Waals surface area (Å²) in [5, 5.41) is 0. The van der Waals surface area contributed by atoms with E-state index >= 15 is 0 Å². The van der Waals surface area contributed by atoms with Crippen LogP contribution in [0.15, 0.2) is 18.2 Å². The van der Waals surface area contributed by atoms with Crippen molar-refractivity contribution in [3.63, 3.8) is 0 Å². The van der Waals surface area contributed by atoms with Gasteiger partial charge in [0.15, 0.2) is 0 Å². The molecule has 0 aromatic heterocycles. The maximum Gasteiger partial charge on any atom is 0.410 e. The predicted molar refractivity (Wildman–Crippen MR) is 92.7 cm³/mol. The second-order valence-electron chi connectivity index (χ2n) is 7.09. The molecule has 0 unspecified atom stereocenters. The van der Waals surface area contributed by atoms with Crippen LogP contribution in [0.25, 0.3) is 0 Å². The number of hydrogen-bond donors (Lipinski definition) is 1. The fraction of sp³-hybridized carbons (Fsp3) is 0.611. The summed E-state index contributed by atoms with van der Waals surface area (Å²) >= 11 is 0. The molecule has 0 aliphatic carbocycles. The van der Waals surface area contributed by atoms with Gasteiger partial charge in [0.25, 0.3) is 0 Å². The lowest BCUT2D eigenvalue weighted by Crippen LogP contribution is -2.50. The molecule has 2 N–H and O–H groups in total. The summed E-state index contributed by atoms with van der Waals surface area (Å²) in [5.74, 6) is 1.64. The van der Waals surface area contributed by atoms with Crippen LogP contribution < -0.4 is 15.2 Å². The van der Waals surface area contributed by atoms with Gasteiger partial charge in [-0.15, -0.1) is 0 Å². The standard InChI is InChI=1S/C18H28N2O4/c1-18(2,3)24-17(21)20-9-8-13(15(19)11-20)14-7-6-12(22-4)10-16(14)23-5/h6-7,10,13,15H,8-9,11,19H2,1-5H3/t13-,15-/m0/s1. The summed E-state index contributed by atoms with van der Waals surface area (Å²) in [5.41, 5.74) is 6.91. The zero-order chi connectivity index (χ0) is 17.9. The molecular weight excluding hydrogens is 308 g/mol. The average molecular weight is 336 g/mol. The van der Waals surface area contributed by atoms with E-state index in [1.807, 2.05) is 39.0 Å². The Hall–Kier alpha value is -1.95. The molecule has 24 heavy (non-hydrogen) atoms. The van der Waals surface area contributed by atoms with Crippen LogP contribution in [0.2, 0.25) is 0 Å². The molecule has 2 rings (SSSR count). The first-order chi connectivity index (χ1) is 11.2. The Morgan fingerprint density at radius 2 is 1.96 bits per heavy atom. The lowest BCUT2D eigenvalue weighted by Gasteiger charge is -2.38. The first-order valence-electron chi connectivity index (χ1n) is 8.20. The van der Waals surface area contributed by atoms with E-state index in [2.05, 4.69) is 0 Å². The number of amides is 1. The normalized spacial score (nSPS) is 21.3. The van der Waals surface area contributed by atoms with Gasteiger partial charge in [0.1, 0.15) is 17.1 Å². The van der Waals surface area contributed by atoms with Gasteiger partial charge in [0.2, 0.25) is 0 Å². The van der Waals surface area contributed by atoms with Crippen molar-refractivity contribution in [1.29, 1.82) is 0 Å². The summed E-state index contributed by atoms with van der Waals surface area (Å²) in [4.78, 5) is 13.9. The molecule has 1 aromatic carbocycles. The summed E-state index contributed by atoms with van der Waals surface area (Å²) in [6.45, 7) is 6.66. The van der Waals surface area contributed by atoms with Gasteiger partial charge >= 0.3 is 6.09 Å². The molecule has 1 aliphatic heterocycles. The van der Waals surface area contributed by atoms with Crippen LogP contribution in [0, 0.1) is 0 Å². The van der Waals surface area contributed by atoms with Crippen molar-refractivity contribution in [2.24, 2.45) is 5.73 Å². The Bertz CT molecular complexity index is 583. The molecule has 0 saturated carbocycles. The van der Waals surface area contributed by atoms with Gasteiger partial charge < -0.3 is 24.8 Å². The van der Waals surface area contributed by atoms with Crippen LogP contribution >= 0.6 is 0 Å². The van der Waals surface area contributed by atoms with Gasteiger partial charge in [-0.2, -0.15) is 0 Å². The Morgan fingerprint density at radius 1 is 1.25 bits per heavy atom. The molecule has 0 radical (unpaired) electrons. The number of carbonyl (C=O) groups excluding carboxylic acids is 1. The first-order valence-corrected chi connectivity index (χ1v) is 8.20. The first kappa shape index (κ1) is 18.4. The third-order valence-corrected chi connectivity index (χ3v) is 4.15. The molecule has 6 heteroatoms. The molecule has 0 spiro atoms. The molecule has 0 bridgehead atoms. The number of piperidine rings is 1. The van der Waals surface area contributed by atoms with E-state index in [1.165, 1.54) is 0 Å². The average Bonchev–Trinajstić information content (AvgIpc) is 2.52. The van der Waals surface area contributed by atoms with Crippen molar-refractivity contribution in [3.8, 4) is 11.5 Å². The van der Waals surface area contributed by atoms with E-state index in [0.717, 1.165) is 23.5 Å². The van der Waals surface area contributed by atoms with Crippen molar-refractivity contribution in [1.82, 2.24) is 4.90 Å². The molecule has 1 aliphatic rings. The Morgan fingerprint density at radius 3 is 2.50 bits per heavy atom. The number of carbonyl (C=O) groups is 1. The van der Waals surface area contributed by atoms with Gasteiger partial charge in [-0.05, 0) is 38.8 Å². The number of hydrogen-bond acceptors (Lipinski definition) is 5. The van der Waals surface area contributed by atoms with Crippen LogP contribution in [0.4, 0.5) is 4.79 Å². The van der Waals surface area contributed by atoms with E-state index < -0.39 is 5.60 Å².